The summed E-state index contributed by atoms with van der Waals surface area (Å²) in [5, 5.41) is 0. The Morgan fingerprint density at radius 3 is 2.67 bits per heavy atom. The molecule has 0 spiro atoms. The van der Waals surface area contributed by atoms with Crippen molar-refractivity contribution in [2.24, 2.45) is 11.7 Å². The van der Waals surface area contributed by atoms with Crippen LogP contribution in [0.4, 0.5) is 0 Å². The minimum absolute atomic E-state index is 0.799. The molecule has 1 aliphatic heterocycles. The van der Waals surface area contributed by atoms with Crippen LogP contribution >= 0.6 is 0 Å². The molecule has 12 heavy (non-hydrogen) atoms. The van der Waals surface area contributed by atoms with Crippen molar-refractivity contribution in [3.8, 4) is 0 Å². The summed E-state index contributed by atoms with van der Waals surface area (Å²) in [6.45, 7) is 4.56. The third kappa shape index (κ3) is 1.27. The molecular formula is C10H20N2. The molecule has 2 rings (SSSR count). The van der Waals surface area contributed by atoms with E-state index < -0.39 is 0 Å². The van der Waals surface area contributed by atoms with Gasteiger partial charge in [-0.2, -0.15) is 0 Å². The van der Waals surface area contributed by atoms with E-state index in [0.29, 0.717) is 0 Å². The first-order valence-electron chi connectivity index (χ1n) is 5.28. The van der Waals surface area contributed by atoms with Gasteiger partial charge in [0.25, 0.3) is 0 Å². The van der Waals surface area contributed by atoms with Crippen molar-refractivity contribution in [3.63, 3.8) is 0 Å². The fourth-order valence-corrected chi connectivity index (χ4v) is 2.76. The molecule has 2 nitrogen and oxygen atoms in total. The van der Waals surface area contributed by atoms with E-state index in [0.717, 1.165) is 24.5 Å². The number of rotatable bonds is 2. The molecule has 3 atom stereocenters. The maximum Gasteiger partial charge on any atom is 0.0138 e. The van der Waals surface area contributed by atoms with Crippen molar-refractivity contribution in [3.05, 3.63) is 0 Å². The van der Waals surface area contributed by atoms with E-state index in [9.17, 15) is 0 Å². The summed E-state index contributed by atoms with van der Waals surface area (Å²) in [6.07, 6.45) is 5.56. The Morgan fingerprint density at radius 2 is 2.17 bits per heavy atom. The average molecular weight is 168 g/mol. The third-order valence-electron chi connectivity index (χ3n) is 3.72. The number of nitrogens with zero attached hydrogens (tertiary/aromatic N) is 1. The van der Waals surface area contributed by atoms with Gasteiger partial charge in [-0.3, -0.25) is 4.90 Å². The number of nitrogens with two attached hydrogens (primary N) is 1. The lowest BCUT2D eigenvalue weighted by Gasteiger charge is -2.45. The molecule has 0 bridgehead atoms. The van der Waals surface area contributed by atoms with Crippen LogP contribution in [0, 0.1) is 5.92 Å². The molecule has 0 amide bonds. The molecule has 1 aliphatic carbocycles. The summed E-state index contributed by atoms with van der Waals surface area (Å²) in [5.74, 6) is 0.799. The molecule has 1 heterocycles. The smallest absolute Gasteiger partial charge is 0.0138 e. The van der Waals surface area contributed by atoms with Gasteiger partial charge in [-0.15, -0.1) is 0 Å². The predicted octanol–water partition coefficient (Wildman–Crippen LogP) is 1.21. The quantitative estimate of drug-likeness (QED) is 0.671. The highest BCUT2D eigenvalue weighted by Gasteiger charge is 2.37. The van der Waals surface area contributed by atoms with Gasteiger partial charge in [0.2, 0.25) is 0 Å². The molecule has 2 N–H and O–H groups in total. The molecule has 0 aromatic carbocycles. The molecule has 3 unspecified atom stereocenters. The SMILES string of the molecule is CC1CCN1C1CCCC1CN. The second kappa shape index (κ2) is 3.35. The maximum atomic E-state index is 5.76. The Bertz CT molecular complexity index is 158. The standard InChI is InChI=1S/C10H20N2/c1-8-5-6-12(8)10-4-2-3-9(10)7-11/h8-10H,2-7,11H2,1H3. The van der Waals surface area contributed by atoms with Crippen molar-refractivity contribution < 1.29 is 0 Å². The molecule has 0 radical (unpaired) electrons. The van der Waals surface area contributed by atoms with Gasteiger partial charge < -0.3 is 5.73 Å². The second-order valence-corrected chi connectivity index (χ2v) is 4.37. The van der Waals surface area contributed by atoms with E-state index in [4.69, 9.17) is 5.73 Å². The summed E-state index contributed by atoms with van der Waals surface area (Å²) >= 11 is 0. The third-order valence-corrected chi connectivity index (χ3v) is 3.72. The monoisotopic (exact) mass is 168 g/mol. The topological polar surface area (TPSA) is 29.3 Å². The molecule has 70 valence electrons. The Morgan fingerprint density at radius 1 is 1.33 bits per heavy atom. The van der Waals surface area contributed by atoms with Gasteiger partial charge in [0.15, 0.2) is 0 Å². The lowest BCUT2D eigenvalue weighted by atomic mass is 9.95. The van der Waals surface area contributed by atoms with E-state index in [-0.39, 0.29) is 0 Å². The summed E-state index contributed by atoms with van der Waals surface area (Å²) < 4.78 is 0. The first kappa shape index (κ1) is 8.52. The largest absolute Gasteiger partial charge is 0.330 e. The zero-order valence-corrected chi connectivity index (χ0v) is 8.00. The van der Waals surface area contributed by atoms with Crippen LogP contribution in [0.15, 0.2) is 0 Å². The highest BCUT2D eigenvalue weighted by atomic mass is 15.2. The van der Waals surface area contributed by atoms with Gasteiger partial charge in [-0.1, -0.05) is 6.42 Å². The van der Waals surface area contributed by atoms with E-state index in [2.05, 4.69) is 11.8 Å². The second-order valence-electron chi connectivity index (χ2n) is 4.37. The average Bonchev–Trinajstić information content (AvgIpc) is 2.50. The van der Waals surface area contributed by atoms with Gasteiger partial charge in [0.1, 0.15) is 0 Å². The van der Waals surface area contributed by atoms with Crippen molar-refractivity contribution >= 4 is 0 Å². The molecule has 2 fully saturated rings. The predicted molar refractivity (Wildman–Crippen MR) is 51.0 cm³/mol. The summed E-state index contributed by atoms with van der Waals surface area (Å²) in [7, 11) is 0. The van der Waals surface area contributed by atoms with Gasteiger partial charge >= 0.3 is 0 Å². The number of hydrogen-bond donors (Lipinski definition) is 1. The van der Waals surface area contributed by atoms with Crippen LogP contribution in [0.3, 0.4) is 0 Å². The highest BCUT2D eigenvalue weighted by Crippen LogP contribution is 2.34. The van der Waals surface area contributed by atoms with Crippen LogP contribution in [0.2, 0.25) is 0 Å². The van der Waals surface area contributed by atoms with Crippen LogP contribution in [-0.4, -0.2) is 30.1 Å². The fourth-order valence-electron chi connectivity index (χ4n) is 2.76. The molecule has 1 saturated heterocycles. The van der Waals surface area contributed by atoms with E-state index in [1.165, 1.54) is 32.2 Å². The van der Waals surface area contributed by atoms with Crippen LogP contribution in [0.1, 0.15) is 32.6 Å². The maximum absolute atomic E-state index is 5.76. The summed E-state index contributed by atoms with van der Waals surface area (Å²) in [6, 6.07) is 1.67. The lowest BCUT2D eigenvalue weighted by Crippen LogP contribution is -2.53. The van der Waals surface area contributed by atoms with Crippen molar-refractivity contribution in [2.75, 3.05) is 13.1 Å². The Kier molecular flexibility index (Phi) is 2.37. The zero-order valence-electron chi connectivity index (χ0n) is 8.00. The lowest BCUT2D eigenvalue weighted by molar-refractivity contribution is 0.0357. The minimum Gasteiger partial charge on any atom is -0.330 e. The molecule has 0 aromatic rings. The molecule has 0 aromatic heterocycles. The first-order chi connectivity index (χ1) is 5.83. The van der Waals surface area contributed by atoms with Crippen LogP contribution in [0.5, 0.6) is 0 Å². The Balaban J connectivity index is 1.93. The number of hydrogen-bond acceptors (Lipinski definition) is 2. The van der Waals surface area contributed by atoms with Gasteiger partial charge in [0, 0.05) is 18.6 Å². The normalized spacial score (nSPS) is 43.0. The minimum atomic E-state index is 0.799. The number of likely N-dealkylation sites (tertiary alicyclic amines) is 1. The van der Waals surface area contributed by atoms with E-state index >= 15 is 0 Å². The van der Waals surface area contributed by atoms with Crippen molar-refractivity contribution in [2.45, 2.75) is 44.7 Å². The van der Waals surface area contributed by atoms with Crippen LogP contribution in [0.25, 0.3) is 0 Å². The molecule has 2 heteroatoms. The zero-order chi connectivity index (χ0) is 8.55. The van der Waals surface area contributed by atoms with Crippen molar-refractivity contribution in [1.29, 1.82) is 0 Å². The van der Waals surface area contributed by atoms with Crippen molar-refractivity contribution in [1.82, 2.24) is 4.90 Å². The Labute approximate surface area is 75.1 Å². The molecule has 2 aliphatic rings. The Hall–Kier alpha value is -0.0800. The fraction of sp³-hybridized carbons (Fsp3) is 1.00. The van der Waals surface area contributed by atoms with Gasteiger partial charge in [-0.05, 0) is 38.6 Å². The van der Waals surface area contributed by atoms with Crippen LogP contribution < -0.4 is 5.73 Å². The van der Waals surface area contributed by atoms with E-state index in [1.54, 1.807) is 0 Å². The van der Waals surface area contributed by atoms with Gasteiger partial charge in [0.05, 0.1) is 0 Å². The first-order valence-corrected chi connectivity index (χ1v) is 5.28. The van der Waals surface area contributed by atoms with E-state index in [1.807, 2.05) is 0 Å². The molecule has 1 saturated carbocycles. The highest BCUT2D eigenvalue weighted by molar-refractivity contribution is 4.92. The van der Waals surface area contributed by atoms with Gasteiger partial charge in [-0.25, -0.2) is 0 Å². The van der Waals surface area contributed by atoms with Crippen LogP contribution in [-0.2, 0) is 0 Å². The summed E-state index contributed by atoms with van der Waals surface area (Å²) in [5.41, 5.74) is 5.76. The summed E-state index contributed by atoms with van der Waals surface area (Å²) in [4.78, 5) is 2.66. The molecular weight excluding hydrogens is 148 g/mol.